The highest BCUT2D eigenvalue weighted by Gasteiger charge is 2.20. The molecule has 0 aliphatic rings. The van der Waals surface area contributed by atoms with Crippen LogP contribution < -0.4 is 0 Å². The quantitative estimate of drug-likeness (QED) is 0.881. The van der Waals surface area contributed by atoms with Crippen molar-refractivity contribution in [2.75, 3.05) is 0 Å². The van der Waals surface area contributed by atoms with Crippen molar-refractivity contribution < 1.29 is 23.1 Å². The van der Waals surface area contributed by atoms with E-state index in [9.17, 15) is 18.0 Å². The minimum Gasteiger partial charge on any atom is -0.478 e. The Labute approximate surface area is 112 Å². The number of aromatic carboxylic acids is 1. The molecule has 0 atom stereocenters. The first-order valence-corrected chi connectivity index (χ1v) is 5.79. The first kappa shape index (κ1) is 14.1. The van der Waals surface area contributed by atoms with E-state index in [0.29, 0.717) is 0 Å². The molecule has 1 aromatic heterocycles. The van der Waals surface area contributed by atoms with Gasteiger partial charge in [0.1, 0.15) is 5.56 Å². The molecule has 0 unspecified atom stereocenters. The molecule has 2 aromatic rings. The first-order valence-electron chi connectivity index (χ1n) is 5.79. The van der Waals surface area contributed by atoms with Crippen molar-refractivity contribution in [1.82, 2.24) is 9.78 Å². The molecule has 0 radical (unpaired) electrons. The van der Waals surface area contributed by atoms with Crippen molar-refractivity contribution >= 4 is 5.97 Å². The van der Waals surface area contributed by atoms with Crippen molar-refractivity contribution in [1.29, 1.82) is 0 Å². The summed E-state index contributed by atoms with van der Waals surface area (Å²) in [6.07, 6.45) is 1.14. The summed E-state index contributed by atoms with van der Waals surface area (Å²) in [5.41, 5.74) is 0.128. The third-order valence-corrected chi connectivity index (χ3v) is 2.75. The largest absolute Gasteiger partial charge is 0.478 e. The molecule has 0 bridgehead atoms. The number of benzene rings is 1. The smallest absolute Gasteiger partial charge is 0.339 e. The molecule has 7 heteroatoms. The molecule has 0 aliphatic carbocycles. The van der Waals surface area contributed by atoms with Crippen molar-refractivity contribution in [2.24, 2.45) is 0 Å². The fourth-order valence-corrected chi connectivity index (χ4v) is 1.79. The summed E-state index contributed by atoms with van der Waals surface area (Å²) >= 11 is 0. The van der Waals surface area contributed by atoms with E-state index in [-0.39, 0.29) is 22.9 Å². The SMILES string of the molecule is CC(C)c1nn(-c2cc(F)c(F)c(F)c2)cc1C(=O)O. The van der Waals surface area contributed by atoms with E-state index in [1.165, 1.54) is 0 Å². The Balaban J connectivity index is 2.59. The highest BCUT2D eigenvalue weighted by atomic mass is 19.2. The standard InChI is InChI=1S/C13H11F3N2O2/c1-6(2)12-8(13(19)20)5-18(17-12)7-3-9(14)11(16)10(15)4-7/h3-6H,1-2H3,(H,19,20). The van der Waals surface area contributed by atoms with Gasteiger partial charge in [-0.1, -0.05) is 13.8 Å². The summed E-state index contributed by atoms with van der Waals surface area (Å²) in [5, 5.41) is 13.1. The number of carbonyl (C=O) groups is 1. The number of nitrogens with zero attached hydrogens (tertiary/aromatic N) is 2. The molecular weight excluding hydrogens is 273 g/mol. The normalized spacial score (nSPS) is 11.1. The van der Waals surface area contributed by atoms with Crippen LogP contribution in [0.15, 0.2) is 18.3 Å². The van der Waals surface area contributed by atoms with Gasteiger partial charge in [-0.3, -0.25) is 0 Å². The molecule has 4 nitrogen and oxygen atoms in total. The van der Waals surface area contributed by atoms with Crippen molar-refractivity contribution in [3.05, 3.63) is 47.0 Å². The van der Waals surface area contributed by atoms with Gasteiger partial charge in [0.15, 0.2) is 17.5 Å². The zero-order valence-electron chi connectivity index (χ0n) is 10.7. The second kappa shape index (κ2) is 4.99. The van der Waals surface area contributed by atoms with E-state index in [0.717, 1.165) is 23.0 Å². The molecule has 0 fully saturated rings. The molecule has 20 heavy (non-hydrogen) atoms. The molecule has 0 amide bonds. The fourth-order valence-electron chi connectivity index (χ4n) is 1.79. The van der Waals surface area contributed by atoms with Crippen molar-refractivity contribution in [3.8, 4) is 5.69 Å². The Bertz CT molecular complexity index is 657. The molecule has 1 heterocycles. The van der Waals surface area contributed by atoms with Crippen molar-refractivity contribution in [2.45, 2.75) is 19.8 Å². The molecule has 1 aromatic carbocycles. The van der Waals surface area contributed by atoms with Gasteiger partial charge >= 0.3 is 5.97 Å². The van der Waals surface area contributed by atoms with Gasteiger partial charge in [0.05, 0.1) is 11.4 Å². The Hall–Kier alpha value is -2.31. The van der Waals surface area contributed by atoms with Crippen LogP contribution in [0.1, 0.15) is 35.8 Å². The van der Waals surface area contributed by atoms with Crippen LogP contribution in [0.4, 0.5) is 13.2 Å². The summed E-state index contributed by atoms with van der Waals surface area (Å²) < 4.78 is 40.3. The van der Waals surface area contributed by atoms with Gasteiger partial charge < -0.3 is 5.11 Å². The molecule has 0 saturated carbocycles. The topological polar surface area (TPSA) is 55.1 Å². The first-order chi connectivity index (χ1) is 9.31. The second-order valence-corrected chi connectivity index (χ2v) is 4.56. The van der Waals surface area contributed by atoms with E-state index >= 15 is 0 Å². The van der Waals surface area contributed by atoms with Gasteiger partial charge in [-0.25, -0.2) is 22.6 Å². The highest BCUT2D eigenvalue weighted by Crippen LogP contribution is 2.22. The predicted molar refractivity (Wildman–Crippen MR) is 64.5 cm³/mol. The van der Waals surface area contributed by atoms with E-state index in [2.05, 4.69) is 5.10 Å². The molecule has 106 valence electrons. The summed E-state index contributed by atoms with van der Waals surface area (Å²) in [6, 6.07) is 1.50. The third-order valence-electron chi connectivity index (χ3n) is 2.75. The van der Waals surface area contributed by atoms with E-state index in [4.69, 9.17) is 5.11 Å². The number of carboxylic acids is 1. The highest BCUT2D eigenvalue weighted by molar-refractivity contribution is 5.89. The molecule has 2 rings (SSSR count). The van der Waals surface area contributed by atoms with Crippen LogP contribution in [0.3, 0.4) is 0 Å². The minimum absolute atomic E-state index is 0.0647. The number of aromatic nitrogens is 2. The predicted octanol–water partition coefficient (Wildman–Crippen LogP) is 3.11. The van der Waals surface area contributed by atoms with Gasteiger partial charge in [0.25, 0.3) is 0 Å². The van der Waals surface area contributed by atoms with Crippen LogP contribution in [0.25, 0.3) is 5.69 Å². The maximum Gasteiger partial charge on any atom is 0.339 e. The lowest BCUT2D eigenvalue weighted by atomic mass is 10.1. The Kier molecular flexibility index (Phi) is 3.52. The Morgan fingerprint density at radius 3 is 2.20 bits per heavy atom. The fraction of sp³-hybridized carbons (Fsp3) is 0.231. The van der Waals surface area contributed by atoms with Gasteiger partial charge in [0, 0.05) is 18.3 Å². The number of carboxylic acid groups (broad SMARTS) is 1. The average molecular weight is 284 g/mol. The summed E-state index contributed by atoms with van der Waals surface area (Å²) in [4.78, 5) is 11.1. The molecular formula is C13H11F3N2O2. The van der Waals surface area contributed by atoms with E-state index < -0.39 is 23.4 Å². The minimum atomic E-state index is -1.58. The van der Waals surface area contributed by atoms with Gasteiger partial charge in [-0.05, 0) is 5.92 Å². The van der Waals surface area contributed by atoms with Gasteiger partial charge in [-0.2, -0.15) is 5.10 Å². The third kappa shape index (κ3) is 2.38. The van der Waals surface area contributed by atoms with Crippen molar-refractivity contribution in [3.63, 3.8) is 0 Å². The van der Waals surface area contributed by atoms with E-state index in [1.807, 2.05) is 0 Å². The zero-order valence-corrected chi connectivity index (χ0v) is 10.7. The Morgan fingerprint density at radius 2 is 1.80 bits per heavy atom. The lowest BCUT2D eigenvalue weighted by molar-refractivity contribution is 0.0695. The zero-order chi connectivity index (χ0) is 15.0. The van der Waals surface area contributed by atoms with Crippen LogP contribution in [0.2, 0.25) is 0 Å². The summed E-state index contributed by atoms with van der Waals surface area (Å²) in [5.74, 6) is -5.68. The average Bonchev–Trinajstić information content (AvgIpc) is 2.80. The Morgan fingerprint density at radius 1 is 1.25 bits per heavy atom. The maximum atomic E-state index is 13.2. The molecule has 1 N–H and O–H groups in total. The lowest BCUT2D eigenvalue weighted by Crippen LogP contribution is -2.01. The van der Waals surface area contributed by atoms with Crippen LogP contribution in [-0.2, 0) is 0 Å². The van der Waals surface area contributed by atoms with Gasteiger partial charge in [0.2, 0.25) is 0 Å². The van der Waals surface area contributed by atoms with Crippen LogP contribution >= 0.6 is 0 Å². The monoisotopic (exact) mass is 284 g/mol. The second-order valence-electron chi connectivity index (χ2n) is 4.56. The molecule has 0 saturated heterocycles. The number of hydrogen-bond acceptors (Lipinski definition) is 2. The van der Waals surface area contributed by atoms with Crippen LogP contribution in [-0.4, -0.2) is 20.9 Å². The number of rotatable bonds is 3. The van der Waals surface area contributed by atoms with Crippen LogP contribution in [0.5, 0.6) is 0 Å². The maximum absolute atomic E-state index is 13.2. The van der Waals surface area contributed by atoms with Gasteiger partial charge in [-0.15, -0.1) is 0 Å². The van der Waals surface area contributed by atoms with E-state index in [1.54, 1.807) is 13.8 Å². The summed E-state index contributed by atoms with van der Waals surface area (Å²) in [7, 11) is 0. The number of hydrogen-bond donors (Lipinski definition) is 1. The molecule has 0 spiro atoms. The van der Waals surface area contributed by atoms with Crippen LogP contribution in [0, 0.1) is 17.5 Å². The summed E-state index contributed by atoms with van der Waals surface area (Å²) in [6.45, 7) is 3.48. The molecule has 0 aliphatic heterocycles. The number of halogens is 3. The lowest BCUT2D eigenvalue weighted by Gasteiger charge is -2.04.